The third kappa shape index (κ3) is 2.72. The highest BCUT2D eigenvalue weighted by Crippen LogP contribution is 2.38. The fourth-order valence-electron chi connectivity index (χ4n) is 3.18. The van der Waals surface area contributed by atoms with E-state index < -0.39 is 0 Å². The van der Waals surface area contributed by atoms with Gasteiger partial charge in [-0.2, -0.15) is 4.98 Å². The number of aryl methyl sites for hydroxylation is 1. The summed E-state index contributed by atoms with van der Waals surface area (Å²) >= 11 is 0. The number of nitrogens with zero attached hydrogens (tertiary/aromatic N) is 3. The van der Waals surface area contributed by atoms with Crippen molar-refractivity contribution in [2.75, 3.05) is 32.7 Å². The number of fused-ring (bicyclic) bond motifs is 3. The van der Waals surface area contributed by atoms with Crippen molar-refractivity contribution in [2.24, 2.45) is 0 Å². The Bertz CT molecular complexity index is 814. The van der Waals surface area contributed by atoms with E-state index in [9.17, 15) is 4.79 Å². The van der Waals surface area contributed by atoms with Gasteiger partial charge in [0.15, 0.2) is 11.5 Å². The molecule has 0 N–H and O–H groups in total. The molecular formula is C18H23N3O3. The lowest BCUT2D eigenvalue weighted by atomic mass is 9.97. The molecule has 0 bridgehead atoms. The quantitative estimate of drug-likeness (QED) is 0.843. The number of aromatic nitrogens is 2. The van der Waals surface area contributed by atoms with E-state index in [-0.39, 0.29) is 5.69 Å². The fraction of sp³-hybridized carbons (Fsp3) is 0.444. The summed E-state index contributed by atoms with van der Waals surface area (Å²) in [5.74, 6) is 2.08. The van der Waals surface area contributed by atoms with Crippen molar-refractivity contribution in [3.63, 3.8) is 0 Å². The van der Waals surface area contributed by atoms with Gasteiger partial charge in [-0.05, 0) is 30.5 Å². The third-order valence-electron chi connectivity index (χ3n) is 4.44. The van der Waals surface area contributed by atoms with Crippen LogP contribution >= 0.6 is 0 Å². The second-order valence-electron chi connectivity index (χ2n) is 5.97. The van der Waals surface area contributed by atoms with Gasteiger partial charge in [0, 0.05) is 31.8 Å². The van der Waals surface area contributed by atoms with Crippen molar-refractivity contribution in [3.05, 3.63) is 34.2 Å². The van der Waals surface area contributed by atoms with E-state index >= 15 is 0 Å². The molecule has 0 spiro atoms. The van der Waals surface area contributed by atoms with Crippen LogP contribution in [0, 0.1) is 0 Å². The van der Waals surface area contributed by atoms with Crippen molar-refractivity contribution in [1.29, 1.82) is 0 Å². The van der Waals surface area contributed by atoms with Gasteiger partial charge >= 0.3 is 5.69 Å². The summed E-state index contributed by atoms with van der Waals surface area (Å²) in [4.78, 5) is 18.7. The molecule has 0 unspecified atom stereocenters. The molecule has 3 rings (SSSR count). The van der Waals surface area contributed by atoms with Gasteiger partial charge in [-0.15, -0.1) is 0 Å². The van der Waals surface area contributed by atoms with Crippen LogP contribution in [0.1, 0.15) is 18.9 Å². The van der Waals surface area contributed by atoms with Gasteiger partial charge in [-0.25, -0.2) is 4.79 Å². The van der Waals surface area contributed by atoms with Crippen LogP contribution in [0.25, 0.3) is 11.3 Å². The highest BCUT2D eigenvalue weighted by molar-refractivity contribution is 5.72. The van der Waals surface area contributed by atoms with Gasteiger partial charge < -0.3 is 14.4 Å². The van der Waals surface area contributed by atoms with Crippen molar-refractivity contribution in [3.8, 4) is 22.8 Å². The Balaban J connectivity index is 2.17. The fourth-order valence-corrected chi connectivity index (χ4v) is 3.18. The van der Waals surface area contributed by atoms with E-state index in [0.29, 0.717) is 23.9 Å². The maximum Gasteiger partial charge on any atom is 0.349 e. The van der Waals surface area contributed by atoms with E-state index in [4.69, 9.17) is 9.47 Å². The molecule has 6 heteroatoms. The molecule has 0 radical (unpaired) electrons. The Morgan fingerprint density at radius 1 is 1.21 bits per heavy atom. The molecule has 24 heavy (non-hydrogen) atoms. The minimum atomic E-state index is -0.203. The Kier molecular flexibility index (Phi) is 4.46. The number of rotatable bonds is 5. The summed E-state index contributed by atoms with van der Waals surface area (Å²) in [7, 11) is 5.21. The average Bonchev–Trinajstić information content (AvgIpc) is 2.60. The molecule has 0 amide bonds. The van der Waals surface area contributed by atoms with Gasteiger partial charge in [-0.1, -0.05) is 6.92 Å². The Morgan fingerprint density at radius 2 is 1.92 bits per heavy atom. The third-order valence-corrected chi connectivity index (χ3v) is 4.44. The summed E-state index contributed by atoms with van der Waals surface area (Å²) < 4.78 is 12.6. The number of benzene rings is 1. The minimum Gasteiger partial charge on any atom is -0.493 e. The summed E-state index contributed by atoms with van der Waals surface area (Å²) in [6, 6.07) is 5.93. The lowest BCUT2D eigenvalue weighted by molar-refractivity contribution is 0.354. The first-order chi connectivity index (χ1) is 11.6. The summed E-state index contributed by atoms with van der Waals surface area (Å²) in [5.41, 5.74) is 2.84. The molecule has 0 saturated carbocycles. The predicted molar refractivity (Wildman–Crippen MR) is 94.3 cm³/mol. The number of methoxy groups -OCH3 is 2. The number of hydrogen-bond acceptors (Lipinski definition) is 5. The van der Waals surface area contributed by atoms with Gasteiger partial charge in [0.1, 0.15) is 5.82 Å². The van der Waals surface area contributed by atoms with Crippen molar-refractivity contribution < 1.29 is 9.47 Å². The second kappa shape index (κ2) is 6.55. The molecule has 2 heterocycles. The van der Waals surface area contributed by atoms with Crippen LogP contribution in [0.5, 0.6) is 11.5 Å². The number of anilines is 1. The van der Waals surface area contributed by atoms with E-state index in [1.54, 1.807) is 18.8 Å². The van der Waals surface area contributed by atoms with Crippen LogP contribution in [0.2, 0.25) is 0 Å². The van der Waals surface area contributed by atoms with Gasteiger partial charge in [0.2, 0.25) is 0 Å². The first-order valence-electron chi connectivity index (χ1n) is 8.17. The van der Waals surface area contributed by atoms with Crippen LogP contribution in [0.3, 0.4) is 0 Å². The molecule has 1 aliphatic rings. The normalized spacial score (nSPS) is 12.3. The smallest absolute Gasteiger partial charge is 0.349 e. The molecular weight excluding hydrogens is 306 g/mol. The zero-order valence-corrected chi connectivity index (χ0v) is 14.6. The first-order valence-corrected chi connectivity index (χ1v) is 8.17. The second-order valence-corrected chi connectivity index (χ2v) is 5.97. The molecule has 2 aromatic rings. The molecule has 1 aromatic heterocycles. The molecule has 0 atom stereocenters. The van der Waals surface area contributed by atoms with Crippen LogP contribution in [0.4, 0.5) is 5.82 Å². The lowest BCUT2D eigenvalue weighted by Crippen LogP contribution is -2.31. The molecule has 0 fully saturated rings. The van der Waals surface area contributed by atoms with Gasteiger partial charge in [0.25, 0.3) is 0 Å². The number of hydrogen-bond donors (Lipinski definition) is 0. The average molecular weight is 329 g/mol. The molecule has 0 aliphatic carbocycles. The lowest BCUT2D eigenvalue weighted by Gasteiger charge is -2.25. The Morgan fingerprint density at radius 3 is 2.58 bits per heavy atom. The molecule has 128 valence electrons. The Hall–Kier alpha value is -2.50. The molecule has 1 aromatic carbocycles. The SMILES string of the molecule is CCCN(C)c1cc2n(c(=O)n1)CCc1cc(OC)c(OC)cc1-2. The first kappa shape index (κ1) is 16.4. The van der Waals surface area contributed by atoms with Crippen LogP contribution in [-0.4, -0.2) is 37.4 Å². The summed E-state index contributed by atoms with van der Waals surface area (Å²) in [6.45, 7) is 3.59. The molecule has 1 aliphatic heterocycles. The summed E-state index contributed by atoms with van der Waals surface area (Å²) in [5, 5.41) is 0. The highest BCUT2D eigenvalue weighted by Gasteiger charge is 2.22. The monoisotopic (exact) mass is 329 g/mol. The largest absolute Gasteiger partial charge is 0.493 e. The van der Waals surface area contributed by atoms with E-state index in [0.717, 1.165) is 36.2 Å². The molecule has 0 saturated heterocycles. The van der Waals surface area contributed by atoms with Crippen LogP contribution in [0.15, 0.2) is 23.0 Å². The van der Waals surface area contributed by atoms with Crippen molar-refractivity contribution >= 4 is 5.82 Å². The van der Waals surface area contributed by atoms with Gasteiger partial charge in [0.05, 0.1) is 19.9 Å². The topological polar surface area (TPSA) is 56.6 Å². The summed E-state index contributed by atoms with van der Waals surface area (Å²) in [6.07, 6.45) is 1.77. The van der Waals surface area contributed by atoms with Gasteiger partial charge in [-0.3, -0.25) is 4.57 Å². The van der Waals surface area contributed by atoms with E-state index in [1.807, 2.05) is 30.1 Å². The predicted octanol–water partition coefficient (Wildman–Crippen LogP) is 2.33. The maximum atomic E-state index is 12.5. The van der Waals surface area contributed by atoms with E-state index in [2.05, 4.69) is 11.9 Å². The van der Waals surface area contributed by atoms with Crippen LogP contribution < -0.4 is 20.1 Å². The Labute approximate surface area is 141 Å². The minimum absolute atomic E-state index is 0.203. The maximum absolute atomic E-state index is 12.5. The zero-order chi connectivity index (χ0) is 17.3. The zero-order valence-electron chi connectivity index (χ0n) is 14.6. The molecule has 6 nitrogen and oxygen atoms in total. The van der Waals surface area contributed by atoms with Crippen LogP contribution in [-0.2, 0) is 13.0 Å². The van der Waals surface area contributed by atoms with E-state index in [1.165, 1.54) is 0 Å². The van der Waals surface area contributed by atoms with Crippen molar-refractivity contribution in [2.45, 2.75) is 26.3 Å². The highest BCUT2D eigenvalue weighted by atomic mass is 16.5. The standard InChI is InChI=1S/C18H23N3O3/c1-5-7-20(2)17-11-14-13-10-16(24-4)15(23-3)9-12(13)6-8-21(14)18(22)19-17/h9-11H,5-8H2,1-4H3. The van der Waals surface area contributed by atoms with Crippen molar-refractivity contribution in [1.82, 2.24) is 9.55 Å². The number of ether oxygens (including phenoxy) is 2.